The molecule has 4 N–H and O–H groups in total. The van der Waals surface area contributed by atoms with Gasteiger partial charge in [-0.1, -0.05) is 262 Å². The molecule has 5 heteroatoms. The molecule has 0 spiro atoms. The van der Waals surface area contributed by atoms with Gasteiger partial charge in [-0.25, -0.2) is 0 Å². The zero-order chi connectivity index (χ0) is 44.4. The Hall–Kier alpha value is -1.69. The Kier molecular flexibility index (Phi) is 49.5. The molecule has 0 saturated carbocycles. The molecule has 0 radical (unpaired) electrons. The topological polar surface area (TPSA) is 89.8 Å². The number of aliphatic hydroxyl groups is 3. The van der Waals surface area contributed by atoms with Crippen LogP contribution in [0.15, 0.2) is 48.6 Å². The number of carbonyl (C=O) groups excluding carboxylic acids is 1. The van der Waals surface area contributed by atoms with Gasteiger partial charge in [0.2, 0.25) is 5.91 Å². The normalized spacial score (nSPS) is 13.7. The van der Waals surface area contributed by atoms with Gasteiger partial charge < -0.3 is 20.6 Å². The third-order valence-electron chi connectivity index (χ3n) is 12.4. The van der Waals surface area contributed by atoms with E-state index in [1.807, 2.05) is 6.08 Å². The molecule has 0 rings (SSSR count). The van der Waals surface area contributed by atoms with E-state index in [9.17, 15) is 20.1 Å². The molecule has 0 bridgehead atoms. The maximum atomic E-state index is 12.5. The van der Waals surface area contributed by atoms with Crippen LogP contribution in [0.4, 0.5) is 0 Å². The number of nitrogens with one attached hydrogen (secondary N) is 1. The van der Waals surface area contributed by atoms with Gasteiger partial charge in [0.15, 0.2) is 0 Å². The summed E-state index contributed by atoms with van der Waals surface area (Å²) >= 11 is 0. The standard InChI is InChI=1S/C56H105NO4/c1-3-5-7-9-11-13-15-17-19-21-23-25-26-27-28-29-31-33-35-37-39-41-43-45-47-49-51-55(60)56(61)57-53(52-58)54(59)50-48-46-44-42-40-38-36-34-32-30-24-22-20-18-16-14-12-10-8-6-4-2/h23,25,27-28,40,42,48,50,53-55,58-60H,3-22,24,26,29-39,41,43-47,49,51-52H2,1-2H3,(H,57,61)/b25-23-,28-27-,42-40+,50-48+. The lowest BCUT2D eigenvalue weighted by molar-refractivity contribution is -0.131. The molecule has 3 atom stereocenters. The Bertz CT molecular complexity index is 989. The third-order valence-corrected chi connectivity index (χ3v) is 12.4. The molecule has 5 nitrogen and oxygen atoms in total. The van der Waals surface area contributed by atoms with Gasteiger partial charge in [-0.2, -0.15) is 0 Å². The van der Waals surface area contributed by atoms with Gasteiger partial charge in [-0.15, -0.1) is 0 Å². The maximum Gasteiger partial charge on any atom is 0.249 e. The smallest absolute Gasteiger partial charge is 0.249 e. The van der Waals surface area contributed by atoms with Gasteiger partial charge in [0, 0.05) is 0 Å². The Balaban J connectivity index is 3.65. The van der Waals surface area contributed by atoms with Crippen molar-refractivity contribution in [1.82, 2.24) is 5.32 Å². The van der Waals surface area contributed by atoms with Crippen molar-refractivity contribution in [2.45, 2.75) is 295 Å². The summed E-state index contributed by atoms with van der Waals surface area (Å²) in [7, 11) is 0. The van der Waals surface area contributed by atoms with E-state index in [1.165, 1.54) is 212 Å². The first-order valence-corrected chi connectivity index (χ1v) is 27.0. The van der Waals surface area contributed by atoms with Gasteiger partial charge in [-0.05, 0) is 64.2 Å². The van der Waals surface area contributed by atoms with Crippen LogP contribution >= 0.6 is 0 Å². The van der Waals surface area contributed by atoms with Gasteiger partial charge in [0.1, 0.15) is 6.10 Å². The quantitative estimate of drug-likeness (QED) is 0.0362. The summed E-state index contributed by atoms with van der Waals surface area (Å²) in [6.45, 7) is 4.19. The maximum absolute atomic E-state index is 12.5. The zero-order valence-electron chi connectivity index (χ0n) is 40.8. The van der Waals surface area contributed by atoms with E-state index in [0.717, 1.165) is 44.9 Å². The highest BCUT2D eigenvalue weighted by molar-refractivity contribution is 5.80. The summed E-state index contributed by atoms with van der Waals surface area (Å²) in [6, 6.07) is -0.818. The Morgan fingerprint density at radius 3 is 1.10 bits per heavy atom. The monoisotopic (exact) mass is 856 g/mol. The number of aliphatic hydroxyl groups excluding tert-OH is 3. The number of carbonyl (C=O) groups is 1. The Labute approximate surface area is 380 Å². The van der Waals surface area contributed by atoms with Crippen LogP contribution in [-0.2, 0) is 4.79 Å². The van der Waals surface area contributed by atoms with Crippen LogP contribution in [0, 0.1) is 0 Å². The van der Waals surface area contributed by atoms with Crippen molar-refractivity contribution >= 4 is 5.91 Å². The fraction of sp³-hybridized carbons (Fsp3) is 0.839. The SMILES string of the molecule is CCCCCCCCCCC/C=C\C/C=C\CCCCCCCCCCCCC(O)C(=O)NC(CO)C(O)/C=C/CC/C=C/CCCCCCCCCCCCCCCCC. The van der Waals surface area contributed by atoms with Crippen LogP contribution in [0.2, 0.25) is 0 Å². The van der Waals surface area contributed by atoms with Crippen LogP contribution in [-0.4, -0.2) is 46.1 Å². The number of hydrogen-bond acceptors (Lipinski definition) is 4. The first kappa shape index (κ1) is 59.3. The lowest BCUT2D eigenvalue weighted by Crippen LogP contribution is -2.48. The van der Waals surface area contributed by atoms with Crippen molar-refractivity contribution < 1.29 is 20.1 Å². The second kappa shape index (κ2) is 50.9. The van der Waals surface area contributed by atoms with Gasteiger partial charge in [0.25, 0.3) is 0 Å². The van der Waals surface area contributed by atoms with Crippen LogP contribution in [0.1, 0.15) is 277 Å². The van der Waals surface area contributed by atoms with E-state index in [2.05, 4.69) is 55.6 Å². The predicted molar refractivity (Wildman–Crippen MR) is 268 cm³/mol. The van der Waals surface area contributed by atoms with Gasteiger partial charge >= 0.3 is 0 Å². The summed E-state index contributed by atoms with van der Waals surface area (Å²) < 4.78 is 0. The number of allylic oxidation sites excluding steroid dienone is 7. The predicted octanol–water partition coefficient (Wildman–Crippen LogP) is 16.4. The molecule has 0 aromatic carbocycles. The van der Waals surface area contributed by atoms with Crippen molar-refractivity contribution in [1.29, 1.82) is 0 Å². The summed E-state index contributed by atoms with van der Waals surface area (Å²) in [4.78, 5) is 12.5. The molecule has 3 unspecified atom stereocenters. The molecule has 0 heterocycles. The summed E-state index contributed by atoms with van der Waals surface area (Å²) in [5, 5.41) is 33.3. The molecule has 0 aliphatic rings. The highest BCUT2D eigenvalue weighted by atomic mass is 16.3. The largest absolute Gasteiger partial charge is 0.394 e. The lowest BCUT2D eigenvalue weighted by atomic mass is 10.0. The fourth-order valence-electron chi connectivity index (χ4n) is 8.17. The first-order chi connectivity index (χ1) is 30.1. The lowest BCUT2D eigenvalue weighted by Gasteiger charge is -2.21. The molecule has 61 heavy (non-hydrogen) atoms. The minimum Gasteiger partial charge on any atom is -0.394 e. The molecule has 1 amide bonds. The second-order valence-corrected chi connectivity index (χ2v) is 18.4. The van der Waals surface area contributed by atoms with Crippen LogP contribution in [0.3, 0.4) is 0 Å². The minimum atomic E-state index is -1.11. The molecular formula is C56H105NO4. The van der Waals surface area contributed by atoms with Crippen molar-refractivity contribution in [2.75, 3.05) is 6.61 Å². The first-order valence-electron chi connectivity index (χ1n) is 27.0. The van der Waals surface area contributed by atoms with Crippen molar-refractivity contribution in [3.05, 3.63) is 48.6 Å². The third kappa shape index (κ3) is 46.1. The number of rotatable bonds is 49. The van der Waals surface area contributed by atoms with E-state index >= 15 is 0 Å². The summed E-state index contributed by atoms with van der Waals surface area (Å²) in [5.74, 6) is -0.514. The highest BCUT2D eigenvalue weighted by Gasteiger charge is 2.22. The van der Waals surface area contributed by atoms with Crippen molar-refractivity contribution in [2.24, 2.45) is 0 Å². The molecule has 0 fully saturated rings. The molecule has 0 aromatic rings. The van der Waals surface area contributed by atoms with Crippen LogP contribution < -0.4 is 5.32 Å². The molecule has 0 saturated heterocycles. The van der Waals surface area contributed by atoms with Crippen LogP contribution in [0.5, 0.6) is 0 Å². The van der Waals surface area contributed by atoms with E-state index in [-0.39, 0.29) is 6.61 Å². The van der Waals surface area contributed by atoms with Gasteiger partial charge in [-0.3, -0.25) is 4.79 Å². The molecule has 0 aromatic heterocycles. The fourth-order valence-corrected chi connectivity index (χ4v) is 8.17. The van der Waals surface area contributed by atoms with E-state index in [4.69, 9.17) is 0 Å². The molecular weight excluding hydrogens is 751 g/mol. The Morgan fingerprint density at radius 2 is 0.721 bits per heavy atom. The number of hydrogen-bond donors (Lipinski definition) is 4. The molecule has 358 valence electrons. The molecule has 0 aliphatic carbocycles. The van der Waals surface area contributed by atoms with E-state index in [1.54, 1.807) is 6.08 Å². The van der Waals surface area contributed by atoms with E-state index < -0.39 is 24.2 Å². The van der Waals surface area contributed by atoms with Crippen molar-refractivity contribution in [3.8, 4) is 0 Å². The number of unbranched alkanes of at least 4 members (excludes halogenated alkanes) is 35. The number of amides is 1. The molecule has 0 aliphatic heterocycles. The highest BCUT2D eigenvalue weighted by Crippen LogP contribution is 2.16. The second-order valence-electron chi connectivity index (χ2n) is 18.4. The average molecular weight is 856 g/mol. The minimum absolute atomic E-state index is 0.377. The van der Waals surface area contributed by atoms with Crippen LogP contribution in [0.25, 0.3) is 0 Å². The summed E-state index contributed by atoms with van der Waals surface area (Å²) in [5.41, 5.74) is 0. The average Bonchev–Trinajstić information content (AvgIpc) is 3.26. The Morgan fingerprint density at radius 1 is 0.410 bits per heavy atom. The van der Waals surface area contributed by atoms with Crippen molar-refractivity contribution in [3.63, 3.8) is 0 Å². The summed E-state index contributed by atoms with van der Waals surface area (Å²) in [6.07, 6.45) is 67.5. The zero-order valence-corrected chi connectivity index (χ0v) is 40.8. The van der Waals surface area contributed by atoms with Gasteiger partial charge in [0.05, 0.1) is 18.8 Å². The van der Waals surface area contributed by atoms with E-state index in [0.29, 0.717) is 6.42 Å².